The molecule has 0 radical (unpaired) electrons. The van der Waals surface area contributed by atoms with Crippen LogP contribution < -0.4 is 15.2 Å². The lowest BCUT2D eigenvalue weighted by molar-refractivity contribution is 0.215. The lowest BCUT2D eigenvalue weighted by Crippen LogP contribution is -2.10. The van der Waals surface area contributed by atoms with Crippen molar-refractivity contribution in [2.24, 2.45) is 5.73 Å². The Morgan fingerprint density at radius 3 is 2.53 bits per heavy atom. The summed E-state index contributed by atoms with van der Waals surface area (Å²) in [6.07, 6.45) is 0. The quantitative estimate of drug-likeness (QED) is 0.813. The minimum Gasteiger partial charge on any atom is -0.490 e. The number of para-hydroxylation sites is 1. The Labute approximate surface area is 111 Å². The van der Waals surface area contributed by atoms with Gasteiger partial charge in [-0.25, -0.2) is 4.39 Å². The van der Waals surface area contributed by atoms with Crippen molar-refractivity contribution in [1.82, 2.24) is 0 Å². The summed E-state index contributed by atoms with van der Waals surface area (Å²) in [4.78, 5) is 0. The predicted octanol–water partition coefficient (Wildman–Crippen LogP) is 2.74. The third-order valence-electron chi connectivity index (χ3n) is 2.60. The molecule has 0 aliphatic rings. The van der Waals surface area contributed by atoms with E-state index in [1.165, 1.54) is 12.1 Å². The molecule has 0 saturated carbocycles. The predicted molar refractivity (Wildman–Crippen MR) is 71.7 cm³/mol. The largest absolute Gasteiger partial charge is 0.490 e. The number of hydrogen-bond acceptors (Lipinski definition) is 3. The Morgan fingerprint density at radius 1 is 0.947 bits per heavy atom. The molecule has 0 bridgehead atoms. The van der Waals surface area contributed by atoms with Gasteiger partial charge in [0.25, 0.3) is 0 Å². The van der Waals surface area contributed by atoms with E-state index in [1.54, 1.807) is 12.1 Å². The maximum Gasteiger partial charge on any atom is 0.126 e. The van der Waals surface area contributed by atoms with Crippen molar-refractivity contribution in [2.75, 3.05) is 13.2 Å². The van der Waals surface area contributed by atoms with Crippen LogP contribution in [0.15, 0.2) is 48.5 Å². The fraction of sp³-hybridized carbons (Fsp3) is 0.200. The highest BCUT2D eigenvalue weighted by molar-refractivity contribution is 5.33. The fourth-order valence-electron chi connectivity index (χ4n) is 1.68. The number of halogens is 1. The van der Waals surface area contributed by atoms with Gasteiger partial charge in [0.1, 0.15) is 30.5 Å². The van der Waals surface area contributed by atoms with Crippen molar-refractivity contribution in [3.05, 3.63) is 59.9 Å². The summed E-state index contributed by atoms with van der Waals surface area (Å²) in [5.74, 6) is 0.940. The van der Waals surface area contributed by atoms with Crippen LogP contribution in [0.2, 0.25) is 0 Å². The van der Waals surface area contributed by atoms with Crippen molar-refractivity contribution < 1.29 is 13.9 Å². The van der Waals surface area contributed by atoms with Crippen LogP contribution in [0.25, 0.3) is 0 Å². The van der Waals surface area contributed by atoms with Gasteiger partial charge in [-0.05, 0) is 18.2 Å². The van der Waals surface area contributed by atoms with Gasteiger partial charge in [0.15, 0.2) is 0 Å². The second kappa shape index (κ2) is 6.75. The molecule has 0 aliphatic carbocycles. The number of benzene rings is 2. The summed E-state index contributed by atoms with van der Waals surface area (Å²) >= 11 is 0. The van der Waals surface area contributed by atoms with Crippen LogP contribution in [0.5, 0.6) is 11.5 Å². The van der Waals surface area contributed by atoms with Gasteiger partial charge >= 0.3 is 0 Å². The van der Waals surface area contributed by atoms with E-state index in [0.29, 0.717) is 25.5 Å². The van der Waals surface area contributed by atoms with Crippen LogP contribution in [0.1, 0.15) is 5.56 Å². The molecular weight excluding hydrogens is 245 g/mol. The number of rotatable bonds is 6. The molecule has 2 aromatic rings. The van der Waals surface area contributed by atoms with Crippen molar-refractivity contribution in [3.8, 4) is 11.5 Å². The van der Waals surface area contributed by atoms with Crippen molar-refractivity contribution >= 4 is 0 Å². The third kappa shape index (κ3) is 3.96. The van der Waals surface area contributed by atoms with E-state index in [9.17, 15) is 4.39 Å². The highest BCUT2D eigenvalue weighted by Crippen LogP contribution is 2.17. The second-order valence-corrected chi connectivity index (χ2v) is 3.97. The Kier molecular flexibility index (Phi) is 4.75. The van der Waals surface area contributed by atoms with Crippen molar-refractivity contribution in [1.29, 1.82) is 0 Å². The summed E-state index contributed by atoms with van der Waals surface area (Å²) in [6, 6.07) is 13.6. The summed E-state index contributed by atoms with van der Waals surface area (Å²) in [5.41, 5.74) is 6.56. The van der Waals surface area contributed by atoms with Gasteiger partial charge in [-0.15, -0.1) is 0 Å². The van der Waals surface area contributed by atoms with Gasteiger partial charge in [0.05, 0.1) is 0 Å². The highest BCUT2D eigenvalue weighted by atomic mass is 19.1. The normalized spacial score (nSPS) is 10.2. The summed E-state index contributed by atoms with van der Waals surface area (Å²) in [6.45, 7) is 1.16. The zero-order valence-electron chi connectivity index (χ0n) is 10.5. The molecule has 0 amide bonds. The SMILES string of the molecule is NCc1ccccc1OCCOc1cccc(F)c1. The molecule has 0 aliphatic heterocycles. The Balaban J connectivity index is 1.81. The molecule has 100 valence electrons. The third-order valence-corrected chi connectivity index (χ3v) is 2.60. The first-order valence-corrected chi connectivity index (χ1v) is 6.09. The standard InChI is InChI=1S/C15H16FNO2/c16-13-5-3-6-14(10-13)18-8-9-19-15-7-2-1-4-12(15)11-17/h1-7,10H,8-9,11,17H2. The maximum atomic E-state index is 12.9. The molecular formula is C15H16FNO2. The van der Waals surface area contributed by atoms with Gasteiger partial charge in [0.2, 0.25) is 0 Å². The van der Waals surface area contributed by atoms with Gasteiger partial charge in [-0.2, -0.15) is 0 Å². The molecule has 0 aromatic heterocycles. The molecule has 0 heterocycles. The van der Waals surface area contributed by atoms with Crippen molar-refractivity contribution in [2.45, 2.75) is 6.54 Å². The fourth-order valence-corrected chi connectivity index (χ4v) is 1.68. The Morgan fingerprint density at radius 2 is 1.74 bits per heavy atom. The van der Waals surface area contributed by atoms with Crippen LogP contribution >= 0.6 is 0 Å². The lowest BCUT2D eigenvalue weighted by Gasteiger charge is -2.11. The molecule has 2 aromatic carbocycles. The zero-order chi connectivity index (χ0) is 13.5. The molecule has 19 heavy (non-hydrogen) atoms. The van der Waals surface area contributed by atoms with Gasteiger partial charge in [-0.3, -0.25) is 0 Å². The number of nitrogens with two attached hydrogens (primary N) is 1. The monoisotopic (exact) mass is 261 g/mol. The minimum atomic E-state index is -0.313. The first-order valence-electron chi connectivity index (χ1n) is 6.09. The van der Waals surface area contributed by atoms with E-state index in [1.807, 2.05) is 24.3 Å². The van der Waals surface area contributed by atoms with E-state index < -0.39 is 0 Å². The molecule has 0 saturated heterocycles. The van der Waals surface area contributed by atoms with E-state index in [0.717, 1.165) is 11.3 Å². The molecule has 0 fully saturated rings. The molecule has 4 heteroatoms. The average Bonchev–Trinajstić information content (AvgIpc) is 2.44. The van der Waals surface area contributed by atoms with Crippen molar-refractivity contribution in [3.63, 3.8) is 0 Å². The summed E-state index contributed by atoms with van der Waals surface area (Å²) in [7, 11) is 0. The topological polar surface area (TPSA) is 44.5 Å². The van der Waals surface area contributed by atoms with Crippen LogP contribution in [0.4, 0.5) is 4.39 Å². The Bertz CT molecular complexity index is 531. The molecule has 2 rings (SSSR count). The minimum absolute atomic E-state index is 0.313. The van der Waals surface area contributed by atoms with E-state index in [4.69, 9.17) is 15.2 Å². The van der Waals surface area contributed by atoms with Gasteiger partial charge in [-0.1, -0.05) is 24.3 Å². The van der Waals surface area contributed by atoms with Crippen LogP contribution in [0.3, 0.4) is 0 Å². The average molecular weight is 261 g/mol. The van der Waals surface area contributed by atoms with Crippen LogP contribution in [0, 0.1) is 5.82 Å². The first kappa shape index (κ1) is 13.4. The number of hydrogen-bond donors (Lipinski definition) is 1. The van der Waals surface area contributed by atoms with E-state index >= 15 is 0 Å². The van der Waals surface area contributed by atoms with Crippen LogP contribution in [-0.4, -0.2) is 13.2 Å². The molecule has 3 nitrogen and oxygen atoms in total. The Hall–Kier alpha value is -2.07. The maximum absolute atomic E-state index is 12.9. The molecule has 0 atom stereocenters. The summed E-state index contributed by atoms with van der Waals surface area (Å²) < 4.78 is 23.9. The van der Waals surface area contributed by atoms with E-state index in [2.05, 4.69) is 0 Å². The van der Waals surface area contributed by atoms with Gasteiger partial charge in [0, 0.05) is 18.2 Å². The van der Waals surface area contributed by atoms with Crippen LogP contribution in [-0.2, 0) is 6.54 Å². The van der Waals surface area contributed by atoms with E-state index in [-0.39, 0.29) is 5.82 Å². The first-order chi connectivity index (χ1) is 9.29. The lowest BCUT2D eigenvalue weighted by atomic mass is 10.2. The van der Waals surface area contributed by atoms with Gasteiger partial charge < -0.3 is 15.2 Å². The highest BCUT2D eigenvalue weighted by Gasteiger charge is 2.01. The molecule has 2 N–H and O–H groups in total. The molecule has 0 spiro atoms. The second-order valence-electron chi connectivity index (χ2n) is 3.97. The zero-order valence-corrected chi connectivity index (χ0v) is 10.5. The smallest absolute Gasteiger partial charge is 0.126 e. The number of ether oxygens (including phenoxy) is 2. The summed E-state index contributed by atoms with van der Waals surface area (Å²) in [5, 5.41) is 0. The molecule has 0 unspecified atom stereocenters.